The number of aliphatic hydroxyl groups excluding tert-OH is 1. The van der Waals surface area contributed by atoms with Gasteiger partial charge in [-0.2, -0.15) is 0 Å². The average Bonchev–Trinajstić information content (AvgIpc) is 2.36. The van der Waals surface area contributed by atoms with E-state index < -0.39 is 11.8 Å². The summed E-state index contributed by atoms with van der Waals surface area (Å²) in [6, 6.07) is 0. The van der Waals surface area contributed by atoms with Gasteiger partial charge in [-0.05, 0) is 13.0 Å². The molecule has 1 atom stereocenters. The highest BCUT2D eigenvalue weighted by Crippen LogP contribution is 2.31. The van der Waals surface area contributed by atoms with E-state index in [4.69, 9.17) is 5.11 Å². The summed E-state index contributed by atoms with van der Waals surface area (Å²) in [7, 11) is 0. The van der Waals surface area contributed by atoms with Crippen LogP contribution in [-0.4, -0.2) is 31.2 Å². The van der Waals surface area contributed by atoms with Crippen LogP contribution in [-0.2, 0) is 0 Å². The Labute approximate surface area is 64.6 Å². The lowest BCUT2D eigenvalue weighted by Gasteiger charge is -2.24. The van der Waals surface area contributed by atoms with Gasteiger partial charge in [-0.15, -0.1) is 0 Å². The van der Waals surface area contributed by atoms with Crippen LogP contribution in [0.4, 0.5) is 8.78 Å². The summed E-state index contributed by atoms with van der Waals surface area (Å²) in [6.07, 6.45) is -1.83. The third kappa shape index (κ3) is 2.10. The Hall–Kier alpha value is -0.220. The van der Waals surface area contributed by atoms with Crippen molar-refractivity contribution in [2.24, 2.45) is 5.41 Å². The van der Waals surface area contributed by atoms with Crippen molar-refractivity contribution in [1.82, 2.24) is 5.32 Å². The highest BCUT2D eigenvalue weighted by molar-refractivity contribution is 4.87. The Kier molecular flexibility index (Phi) is 2.78. The predicted octanol–water partition coefficient (Wildman–Crippen LogP) is 0.614. The minimum atomic E-state index is -2.30. The summed E-state index contributed by atoms with van der Waals surface area (Å²) in [4.78, 5) is 0. The minimum absolute atomic E-state index is 0.135. The van der Waals surface area contributed by atoms with Crippen LogP contribution in [0.25, 0.3) is 0 Å². The fraction of sp³-hybridized carbons (Fsp3) is 1.00. The lowest BCUT2D eigenvalue weighted by Crippen LogP contribution is -2.30. The van der Waals surface area contributed by atoms with Gasteiger partial charge < -0.3 is 10.4 Å². The van der Waals surface area contributed by atoms with E-state index in [1.165, 1.54) is 0 Å². The first-order valence-electron chi connectivity index (χ1n) is 3.78. The van der Waals surface area contributed by atoms with Gasteiger partial charge in [0.1, 0.15) is 0 Å². The second-order valence-corrected chi connectivity index (χ2v) is 3.18. The second-order valence-electron chi connectivity index (χ2n) is 3.18. The van der Waals surface area contributed by atoms with E-state index in [0.29, 0.717) is 13.0 Å². The fourth-order valence-corrected chi connectivity index (χ4v) is 1.50. The molecule has 1 heterocycles. The number of aliphatic hydroxyl groups is 1. The zero-order chi connectivity index (χ0) is 8.32. The third-order valence-corrected chi connectivity index (χ3v) is 2.25. The maximum Gasteiger partial charge on any atom is 0.239 e. The van der Waals surface area contributed by atoms with Crippen LogP contribution in [0.15, 0.2) is 0 Å². The summed E-state index contributed by atoms with van der Waals surface area (Å²) in [6.45, 7) is 1.13. The van der Waals surface area contributed by atoms with Gasteiger partial charge in [-0.25, -0.2) is 8.78 Å². The molecule has 2 nitrogen and oxygen atoms in total. The van der Waals surface area contributed by atoms with Crippen molar-refractivity contribution in [3.8, 4) is 0 Å². The Morgan fingerprint density at radius 3 is 2.64 bits per heavy atom. The van der Waals surface area contributed by atoms with Crippen LogP contribution in [0.2, 0.25) is 0 Å². The summed E-state index contributed by atoms with van der Waals surface area (Å²) >= 11 is 0. The first kappa shape index (κ1) is 8.87. The van der Waals surface area contributed by atoms with Gasteiger partial charge in [-0.1, -0.05) is 0 Å². The molecular weight excluding hydrogens is 152 g/mol. The van der Waals surface area contributed by atoms with Crippen molar-refractivity contribution in [1.29, 1.82) is 0 Å². The molecule has 0 amide bonds. The summed E-state index contributed by atoms with van der Waals surface area (Å²) < 4.78 is 24.0. The number of rotatable bonds is 3. The molecule has 0 aliphatic carbocycles. The summed E-state index contributed by atoms with van der Waals surface area (Å²) in [5.74, 6) is 0. The molecule has 0 saturated carbocycles. The zero-order valence-corrected chi connectivity index (χ0v) is 6.32. The molecule has 1 fully saturated rings. The first-order chi connectivity index (χ1) is 5.18. The monoisotopic (exact) mass is 165 g/mol. The number of hydrogen-bond acceptors (Lipinski definition) is 2. The topological polar surface area (TPSA) is 32.3 Å². The van der Waals surface area contributed by atoms with Crippen molar-refractivity contribution in [3.05, 3.63) is 0 Å². The largest absolute Gasteiger partial charge is 0.396 e. The second kappa shape index (κ2) is 3.45. The van der Waals surface area contributed by atoms with Gasteiger partial charge in [0.15, 0.2) is 0 Å². The molecule has 11 heavy (non-hydrogen) atoms. The molecule has 0 spiro atoms. The minimum Gasteiger partial charge on any atom is -0.396 e. The first-order valence-corrected chi connectivity index (χ1v) is 3.78. The Morgan fingerprint density at radius 2 is 2.27 bits per heavy atom. The number of hydrogen-bond donors (Lipinski definition) is 2. The van der Waals surface area contributed by atoms with Crippen molar-refractivity contribution >= 4 is 0 Å². The normalized spacial score (nSPS) is 31.6. The molecule has 66 valence electrons. The Balaban J connectivity index is 2.45. The van der Waals surface area contributed by atoms with Gasteiger partial charge >= 0.3 is 0 Å². The van der Waals surface area contributed by atoms with E-state index in [0.717, 1.165) is 6.54 Å². The molecule has 1 aliphatic rings. The van der Waals surface area contributed by atoms with E-state index in [-0.39, 0.29) is 13.0 Å². The SMILES string of the molecule is OCC1(CC(F)F)CCNC1. The molecule has 0 aromatic rings. The van der Waals surface area contributed by atoms with Crippen molar-refractivity contribution in [3.63, 3.8) is 0 Å². The van der Waals surface area contributed by atoms with Crippen molar-refractivity contribution in [2.75, 3.05) is 19.7 Å². The van der Waals surface area contributed by atoms with Crippen LogP contribution in [0, 0.1) is 5.41 Å². The molecule has 1 saturated heterocycles. The van der Waals surface area contributed by atoms with Crippen LogP contribution in [0.3, 0.4) is 0 Å². The standard InChI is InChI=1S/C7H13F2NO/c8-6(9)3-7(5-11)1-2-10-4-7/h6,10-11H,1-5H2. The van der Waals surface area contributed by atoms with Gasteiger partial charge in [0.2, 0.25) is 6.43 Å². The molecule has 4 heteroatoms. The van der Waals surface area contributed by atoms with E-state index in [2.05, 4.69) is 5.32 Å². The third-order valence-electron chi connectivity index (χ3n) is 2.25. The van der Waals surface area contributed by atoms with Gasteiger partial charge in [-0.3, -0.25) is 0 Å². The molecule has 1 aliphatic heterocycles. The van der Waals surface area contributed by atoms with Crippen LogP contribution < -0.4 is 5.32 Å². The van der Waals surface area contributed by atoms with Gasteiger partial charge in [0.25, 0.3) is 0 Å². The van der Waals surface area contributed by atoms with Crippen LogP contribution in [0.5, 0.6) is 0 Å². The lowest BCUT2D eigenvalue weighted by molar-refractivity contribution is 0.0440. The molecule has 0 aromatic carbocycles. The molecule has 1 rings (SSSR count). The van der Waals surface area contributed by atoms with E-state index >= 15 is 0 Å². The molecule has 1 unspecified atom stereocenters. The van der Waals surface area contributed by atoms with E-state index in [9.17, 15) is 8.78 Å². The maximum atomic E-state index is 12.0. The highest BCUT2D eigenvalue weighted by Gasteiger charge is 2.35. The van der Waals surface area contributed by atoms with Crippen molar-refractivity contribution in [2.45, 2.75) is 19.3 Å². The molecule has 0 radical (unpaired) electrons. The van der Waals surface area contributed by atoms with Gasteiger partial charge in [0, 0.05) is 18.4 Å². The van der Waals surface area contributed by atoms with E-state index in [1.807, 2.05) is 0 Å². The predicted molar refractivity (Wildman–Crippen MR) is 37.6 cm³/mol. The zero-order valence-electron chi connectivity index (χ0n) is 6.32. The summed E-state index contributed by atoms with van der Waals surface area (Å²) in [5.41, 5.74) is -0.547. The smallest absolute Gasteiger partial charge is 0.239 e. The number of nitrogens with one attached hydrogen (secondary N) is 1. The lowest BCUT2D eigenvalue weighted by atomic mass is 9.85. The average molecular weight is 165 g/mol. The molecule has 0 aromatic heterocycles. The number of halogens is 2. The number of alkyl halides is 2. The highest BCUT2D eigenvalue weighted by atomic mass is 19.3. The van der Waals surface area contributed by atoms with Crippen LogP contribution in [0.1, 0.15) is 12.8 Å². The fourth-order valence-electron chi connectivity index (χ4n) is 1.50. The molecule has 2 N–H and O–H groups in total. The van der Waals surface area contributed by atoms with E-state index in [1.54, 1.807) is 0 Å². The quantitative estimate of drug-likeness (QED) is 0.642. The summed E-state index contributed by atoms with van der Waals surface area (Å²) in [5, 5.41) is 11.9. The van der Waals surface area contributed by atoms with Crippen molar-refractivity contribution < 1.29 is 13.9 Å². The molecular formula is C7H13F2NO. The van der Waals surface area contributed by atoms with Gasteiger partial charge in [0.05, 0.1) is 6.61 Å². The maximum absolute atomic E-state index is 12.0. The van der Waals surface area contributed by atoms with Crippen LogP contribution >= 0.6 is 0 Å². The Bertz CT molecular complexity index is 124. The molecule has 0 bridgehead atoms. The Morgan fingerprint density at radius 1 is 1.55 bits per heavy atom.